The number of rotatable bonds is 15. The Kier molecular flexibility index (Phi) is 13.9. The van der Waals surface area contributed by atoms with E-state index in [0.717, 1.165) is 22.4 Å². The number of hydrogen-bond donors (Lipinski definition) is 3. The minimum atomic E-state index is -4.07. The molecular formula is C37H55N5O8S. The number of nitrogens with zero attached hydrogens (tertiary/aromatic N) is 2. The van der Waals surface area contributed by atoms with Crippen molar-refractivity contribution in [2.24, 2.45) is 10.7 Å². The van der Waals surface area contributed by atoms with Gasteiger partial charge in [0.1, 0.15) is 23.6 Å². The highest BCUT2D eigenvalue weighted by atomic mass is 32.2. The summed E-state index contributed by atoms with van der Waals surface area (Å²) in [6.45, 7) is 17.2. The second-order valence-electron chi connectivity index (χ2n) is 14.5. The van der Waals surface area contributed by atoms with Gasteiger partial charge >= 0.3 is 12.2 Å². The van der Waals surface area contributed by atoms with Gasteiger partial charge in [0, 0.05) is 38.0 Å². The van der Waals surface area contributed by atoms with Gasteiger partial charge in [-0.2, -0.15) is 0 Å². The minimum absolute atomic E-state index is 0.0915. The maximum absolute atomic E-state index is 13.5. The number of hydrogen-bond acceptors (Lipinski definition) is 9. The molecule has 1 aliphatic heterocycles. The van der Waals surface area contributed by atoms with Gasteiger partial charge in [0.25, 0.3) is 10.0 Å². The standard InChI is InChI=1S/C37H55N5O8S/c1-10-42(35(45)48-23-27-16-12-11-13-17-27)21-15-19-30(43)29(40-34(44)50-36(5,6)7)18-14-20-39-33(38)41-51(46,47)32-25(3)24(2)31-28(26(32)4)22-37(8,9)49-31/h11-13,16-17,29H,10,14-15,18-23H2,1-9H3,(H,40,44)(H3,38,39,41)/t29-/m0/s1. The highest BCUT2D eigenvalue weighted by Gasteiger charge is 2.36. The highest BCUT2D eigenvalue weighted by molar-refractivity contribution is 7.90. The molecule has 0 fully saturated rings. The number of ketones is 1. The first-order valence-corrected chi connectivity index (χ1v) is 18.8. The first-order valence-electron chi connectivity index (χ1n) is 17.4. The van der Waals surface area contributed by atoms with E-state index in [4.69, 9.17) is 19.9 Å². The van der Waals surface area contributed by atoms with Crippen molar-refractivity contribution in [1.82, 2.24) is 14.9 Å². The van der Waals surface area contributed by atoms with Gasteiger partial charge in [-0.05, 0) is 104 Å². The van der Waals surface area contributed by atoms with Crippen molar-refractivity contribution in [1.29, 1.82) is 0 Å². The fraction of sp³-hybridized carbons (Fsp3) is 0.568. The number of benzene rings is 2. The van der Waals surface area contributed by atoms with Crippen molar-refractivity contribution in [3.63, 3.8) is 0 Å². The summed E-state index contributed by atoms with van der Waals surface area (Å²) in [5.74, 6) is 0.200. The molecule has 3 rings (SSSR count). The van der Waals surface area contributed by atoms with Crippen LogP contribution in [0.25, 0.3) is 0 Å². The lowest BCUT2D eigenvalue weighted by Crippen LogP contribution is -2.44. The molecule has 0 bridgehead atoms. The average molecular weight is 730 g/mol. The minimum Gasteiger partial charge on any atom is -0.487 e. The summed E-state index contributed by atoms with van der Waals surface area (Å²) in [6.07, 6.45) is 0.335. The number of ether oxygens (including phenoxy) is 3. The van der Waals surface area contributed by atoms with Crippen LogP contribution in [0.3, 0.4) is 0 Å². The lowest BCUT2D eigenvalue weighted by Gasteiger charge is -2.24. The van der Waals surface area contributed by atoms with E-state index in [1.54, 1.807) is 34.6 Å². The van der Waals surface area contributed by atoms with Crippen molar-refractivity contribution in [2.75, 3.05) is 19.6 Å². The van der Waals surface area contributed by atoms with Gasteiger partial charge in [-0.3, -0.25) is 9.79 Å². The van der Waals surface area contributed by atoms with Crippen LogP contribution in [-0.4, -0.2) is 74.1 Å². The van der Waals surface area contributed by atoms with E-state index in [1.165, 1.54) is 4.90 Å². The summed E-state index contributed by atoms with van der Waals surface area (Å²) in [6, 6.07) is 8.46. The number of nitrogens with two attached hydrogens (primary N) is 1. The van der Waals surface area contributed by atoms with E-state index in [2.05, 4.69) is 15.0 Å². The van der Waals surface area contributed by atoms with Gasteiger partial charge in [-0.25, -0.2) is 22.7 Å². The molecule has 14 heteroatoms. The summed E-state index contributed by atoms with van der Waals surface area (Å²) >= 11 is 0. The first kappa shape index (κ1) is 41.1. The zero-order valence-electron chi connectivity index (χ0n) is 31.5. The van der Waals surface area contributed by atoms with Crippen LogP contribution in [0.5, 0.6) is 5.75 Å². The summed E-state index contributed by atoms with van der Waals surface area (Å²) in [4.78, 5) is 44.4. The molecule has 0 saturated carbocycles. The Hall–Kier alpha value is -4.33. The molecule has 0 unspecified atom stereocenters. The topological polar surface area (TPSA) is 179 Å². The van der Waals surface area contributed by atoms with Crippen LogP contribution in [0.2, 0.25) is 0 Å². The first-order chi connectivity index (χ1) is 23.7. The Morgan fingerprint density at radius 2 is 1.73 bits per heavy atom. The van der Waals surface area contributed by atoms with Crippen LogP contribution in [-0.2, 0) is 37.3 Å². The fourth-order valence-corrected chi connectivity index (χ4v) is 7.46. The fourth-order valence-electron chi connectivity index (χ4n) is 5.93. The largest absolute Gasteiger partial charge is 0.487 e. The molecule has 2 aromatic rings. The molecule has 4 N–H and O–H groups in total. The number of amides is 2. The molecule has 2 aromatic carbocycles. The van der Waals surface area contributed by atoms with Crippen molar-refractivity contribution < 1.29 is 37.0 Å². The molecule has 0 spiro atoms. The number of carbonyl (C=O) groups excluding carboxylic acids is 3. The monoisotopic (exact) mass is 729 g/mol. The number of fused-ring (bicyclic) bond motifs is 1. The molecule has 0 aliphatic carbocycles. The van der Waals surface area contributed by atoms with E-state index < -0.39 is 39.5 Å². The summed E-state index contributed by atoms with van der Waals surface area (Å²) in [5.41, 5.74) is 8.50. The van der Waals surface area contributed by atoms with Crippen molar-refractivity contribution >= 4 is 34.0 Å². The maximum atomic E-state index is 13.5. The third kappa shape index (κ3) is 11.9. The van der Waals surface area contributed by atoms with Gasteiger partial charge in [0.2, 0.25) is 5.96 Å². The van der Waals surface area contributed by atoms with Gasteiger partial charge in [0.05, 0.1) is 10.9 Å². The van der Waals surface area contributed by atoms with E-state index in [-0.39, 0.29) is 42.6 Å². The number of guanidine groups is 1. The molecule has 51 heavy (non-hydrogen) atoms. The summed E-state index contributed by atoms with van der Waals surface area (Å²) in [7, 11) is -4.07. The highest BCUT2D eigenvalue weighted by Crippen LogP contribution is 2.43. The molecule has 1 atom stereocenters. The second-order valence-corrected chi connectivity index (χ2v) is 16.1. The van der Waals surface area contributed by atoms with Crippen LogP contribution in [0.15, 0.2) is 40.2 Å². The number of carbonyl (C=O) groups is 3. The Morgan fingerprint density at radius 3 is 2.35 bits per heavy atom. The van der Waals surface area contributed by atoms with Crippen molar-refractivity contribution in [3.05, 3.63) is 58.1 Å². The van der Waals surface area contributed by atoms with Crippen LogP contribution in [0.4, 0.5) is 9.59 Å². The second kappa shape index (κ2) is 17.3. The van der Waals surface area contributed by atoms with Crippen LogP contribution in [0.1, 0.15) is 95.0 Å². The summed E-state index contributed by atoms with van der Waals surface area (Å²) < 4.78 is 46.4. The molecule has 13 nitrogen and oxygen atoms in total. The Bertz CT molecular complexity index is 1700. The number of alkyl carbamates (subject to hydrolysis) is 1. The zero-order valence-corrected chi connectivity index (χ0v) is 32.3. The SMILES string of the molecule is CCN(CCCC(=O)[C@H](CCCN=C(N)NS(=O)(=O)c1c(C)c(C)c2c(c1C)CC(C)(C)O2)NC(=O)OC(C)(C)C)C(=O)OCc1ccccc1. The molecular weight excluding hydrogens is 675 g/mol. The molecule has 1 aliphatic rings. The Morgan fingerprint density at radius 1 is 1.06 bits per heavy atom. The molecule has 0 saturated heterocycles. The van der Waals surface area contributed by atoms with E-state index >= 15 is 0 Å². The normalized spacial score (nSPS) is 14.6. The van der Waals surface area contributed by atoms with Gasteiger partial charge in [0.15, 0.2) is 5.78 Å². The number of nitrogens with one attached hydrogen (secondary N) is 2. The predicted molar refractivity (Wildman–Crippen MR) is 196 cm³/mol. The van der Waals surface area contributed by atoms with Gasteiger partial charge in [-0.1, -0.05) is 30.3 Å². The molecule has 282 valence electrons. The van der Waals surface area contributed by atoms with Crippen LogP contribution < -0.4 is 20.5 Å². The lowest BCUT2D eigenvalue weighted by atomic mass is 9.94. The smallest absolute Gasteiger partial charge is 0.410 e. The summed E-state index contributed by atoms with van der Waals surface area (Å²) in [5, 5.41) is 2.66. The van der Waals surface area contributed by atoms with Gasteiger partial charge in [-0.15, -0.1) is 0 Å². The van der Waals surface area contributed by atoms with Crippen LogP contribution >= 0.6 is 0 Å². The van der Waals surface area contributed by atoms with Gasteiger partial charge < -0.3 is 30.2 Å². The molecule has 1 heterocycles. The third-order valence-corrected chi connectivity index (χ3v) is 10.1. The van der Waals surface area contributed by atoms with E-state index in [0.29, 0.717) is 43.5 Å². The number of sulfonamides is 1. The van der Waals surface area contributed by atoms with E-state index in [9.17, 15) is 22.8 Å². The number of aliphatic imine (C=N–C) groups is 1. The average Bonchev–Trinajstić information content (AvgIpc) is 3.37. The van der Waals surface area contributed by atoms with Crippen molar-refractivity contribution in [2.45, 2.75) is 123 Å². The van der Waals surface area contributed by atoms with Crippen LogP contribution in [0, 0.1) is 20.8 Å². The lowest BCUT2D eigenvalue weighted by molar-refractivity contribution is -0.121. The maximum Gasteiger partial charge on any atom is 0.410 e. The Balaban J connectivity index is 1.61. The molecule has 0 radical (unpaired) electrons. The van der Waals surface area contributed by atoms with E-state index in [1.807, 2.05) is 58.0 Å². The predicted octanol–water partition coefficient (Wildman–Crippen LogP) is 5.60. The molecule has 2 amide bonds. The Labute approximate surface area is 302 Å². The van der Waals surface area contributed by atoms with Crippen molar-refractivity contribution in [3.8, 4) is 5.75 Å². The molecule has 0 aromatic heterocycles. The zero-order chi connectivity index (χ0) is 38.1. The number of Topliss-reactive ketones (excluding diaryl/α,β-unsaturated/α-hetero) is 1. The third-order valence-electron chi connectivity index (χ3n) is 8.51. The quantitative estimate of drug-likeness (QED) is 0.120.